The van der Waals surface area contributed by atoms with E-state index in [1.54, 1.807) is 11.0 Å². The number of hydrogen-bond acceptors (Lipinski definition) is 6. The Kier molecular flexibility index (Phi) is 6.71. The highest BCUT2D eigenvalue weighted by atomic mass is 35.5. The van der Waals surface area contributed by atoms with Crippen molar-refractivity contribution in [1.82, 2.24) is 14.9 Å². The molecule has 2 saturated heterocycles. The molecular formula is C25H25ClF2N4O3. The molecule has 3 heterocycles. The van der Waals surface area contributed by atoms with Crippen LogP contribution in [0.3, 0.4) is 0 Å². The second-order valence-electron chi connectivity index (χ2n) is 8.58. The Morgan fingerprint density at radius 1 is 1.06 bits per heavy atom. The van der Waals surface area contributed by atoms with E-state index in [4.69, 9.17) is 21.1 Å². The van der Waals surface area contributed by atoms with Crippen LogP contribution in [0.15, 0.2) is 24.3 Å². The average molecular weight is 503 g/mol. The summed E-state index contributed by atoms with van der Waals surface area (Å²) in [5.74, 6) is -1.41. The van der Waals surface area contributed by atoms with Crippen molar-refractivity contribution in [2.75, 3.05) is 51.4 Å². The Balaban J connectivity index is 1.74. The van der Waals surface area contributed by atoms with Crippen LogP contribution in [-0.4, -0.2) is 67.3 Å². The molecule has 2 aromatic carbocycles. The van der Waals surface area contributed by atoms with Crippen molar-refractivity contribution in [3.63, 3.8) is 0 Å². The molecule has 0 N–H and O–H groups in total. The molecule has 0 aliphatic carbocycles. The van der Waals surface area contributed by atoms with Crippen LogP contribution < -0.4 is 9.64 Å². The van der Waals surface area contributed by atoms with Crippen molar-refractivity contribution in [2.24, 2.45) is 0 Å². The topological polar surface area (TPSA) is 67.8 Å². The summed E-state index contributed by atoms with van der Waals surface area (Å²) < 4.78 is 41.7. The van der Waals surface area contributed by atoms with Gasteiger partial charge in [-0.15, -0.1) is 0 Å². The molecule has 0 atom stereocenters. The average Bonchev–Trinajstić information content (AvgIpc) is 2.89. The van der Waals surface area contributed by atoms with E-state index in [0.29, 0.717) is 37.5 Å². The van der Waals surface area contributed by atoms with Crippen LogP contribution in [0, 0.1) is 11.6 Å². The smallest absolute Gasteiger partial charge is 0.291 e. The summed E-state index contributed by atoms with van der Waals surface area (Å²) >= 11 is 6.55. The van der Waals surface area contributed by atoms with E-state index in [2.05, 4.69) is 9.97 Å². The Labute approximate surface area is 206 Å². The number of amides is 1. The Bertz CT molecular complexity index is 1280. The number of piperidine rings is 1. The van der Waals surface area contributed by atoms with Crippen molar-refractivity contribution < 1.29 is 23.0 Å². The van der Waals surface area contributed by atoms with Crippen molar-refractivity contribution in [3.8, 4) is 16.9 Å². The number of anilines is 1. The summed E-state index contributed by atoms with van der Waals surface area (Å²) in [6, 6.07) is 5.77. The molecule has 184 valence electrons. The first-order chi connectivity index (χ1) is 17.0. The molecule has 10 heteroatoms. The molecule has 0 bridgehead atoms. The standard InChI is InChI=1S/C25H25ClF2N4O3/c1-34-18-7-5-6-17(27)20(18)19-16(26)14-15-22(21(19)28)29-23(25(33)32-10-12-35-13-11-32)30-24(15)31-8-3-2-4-9-31/h5-7,14H,2-4,8-13H2,1H3. The molecule has 0 saturated carbocycles. The molecule has 1 amide bonds. The van der Waals surface area contributed by atoms with Crippen molar-refractivity contribution in [1.29, 1.82) is 0 Å². The molecule has 1 aromatic heterocycles. The zero-order valence-corrected chi connectivity index (χ0v) is 20.1. The van der Waals surface area contributed by atoms with Crippen LogP contribution in [0.4, 0.5) is 14.6 Å². The summed E-state index contributed by atoms with van der Waals surface area (Å²) in [4.78, 5) is 25.8. The normalized spacial score (nSPS) is 16.6. The number of aromatic nitrogens is 2. The lowest BCUT2D eigenvalue weighted by Gasteiger charge is -2.30. The number of methoxy groups -OCH3 is 1. The van der Waals surface area contributed by atoms with E-state index in [1.165, 1.54) is 25.3 Å². The van der Waals surface area contributed by atoms with Crippen LogP contribution in [0.2, 0.25) is 5.02 Å². The minimum Gasteiger partial charge on any atom is -0.496 e. The van der Waals surface area contributed by atoms with Crippen molar-refractivity contribution in [2.45, 2.75) is 19.3 Å². The summed E-state index contributed by atoms with van der Waals surface area (Å²) in [5.41, 5.74) is -0.345. The highest BCUT2D eigenvalue weighted by Crippen LogP contribution is 2.42. The van der Waals surface area contributed by atoms with Crippen molar-refractivity contribution in [3.05, 3.63) is 46.7 Å². The van der Waals surface area contributed by atoms with Gasteiger partial charge in [-0.3, -0.25) is 4.79 Å². The minimum atomic E-state index is -0.826. The number of nitrogens with zero attached hydrogens (tertiary/aromatic N) is 4. The lowest BCUT2D eigenvalue weighted by molar-refractivity contribution is 0.0295. The quantitative estimate of drug-likeness (QED) is 0.515. The highest BCUT2D eigenvalue weighted by Gasteiger charge is 2.28. The van der Waals surface area contributed by atoms with E-state index in [0.717, 1.165) is 32.4 Å². The van der Waals surface area contributed by atoms with E-state index in [9.17, 15) is 9.18 Å². The summed E-state index contributed by atoms with van der Waals surface area (Å²) in [6.45, 7) is 3.08. The van der Waals surface area contributed by atoms with Gasteiger partial charge in [-0.25, -0.2) is 18.7 Å². The van der Waals surface area contributed by atoms with Gasteiger partial charge in [-0.2, -0.15) is 0 Å². The number of morpholine rings is 1. The molecular weight excluding hydrogens is 478 g/mol. The number of halogens is 3. The molecule has 0 unspecified atom stereocenters. The second kappa shape index (κ2) is 9.91. The van der Waals surface area contributed by atoms with Crippen molar-refractivity contribution >= 4 is 34.2 Å². The molecule has 2 aliphatic rings. The van der Waals surface area contributed by atoms with E-state index in [1.807, 2.05) is 4.90 Å². The van der Waals surface area contributed by atoms with Gasteiger partial charge in [-0.1, -0.05) is 17.7 Å². The van der Waals surface area contributed by atoms with Gasteiger partial charge >= 0.3 is 0 Å². The van der Waals surface area contributed by atoms with E-state index < -0.39 is 17.5 Å². The number of fused-ring (bicyclic) bond motifs is 1. The van der Waals surface area contributed by atoms with E-state index >= 15 is 4.39 Å². The Hall–Kier alpha value is -3.04. The summed E-state index contributed by atoms with van der Waals surface area (Å²) in [5, 5.41) is 0.388. The summed E-state index contributed by atoms with van der Waals surface area (Å²) in [6.07, 6.45) is 3.00. The molecule has 2 aliphatic heterocycles. The Morgan fingerprint density at radius 2 is 1.80 bits per heavy atom. The predicted molar refractivity (Wildman–Crippen MR) is 129 cm³/mol. The number of hydrogen-bond donors (Lipinski definition) is 0. The number of carbonyl (C=O) groups is 1. The highest BCUT2D eigenvalue weighted by molar-refractivity contribution is 6.34. The summed E-state index contributed by atoms with van der Waals surface area (Å²) in [7, 11) is 1.38. The zero-order chi connectivity index (χ0) is 24.5. The van der Waals surface area contributed by atoms with Crippen LogP contribution in [0.25, 0.3) is 22.0 Å². The van der Waals surface area contributed by atoms with Gasteiger partial charge in [0.15, 0.2) is 5.82 Å². The number of rotatable bonds is 4. The van der Waals surface area contributed by atoms with Crippen LogP contribution >= 0.6 is 11.6 Å². The SMILES string of the molecule is COc1cccc(F)c1-c1c(Cl)cc2c(N3CCCCC3)nc(C(=O)N3CCOCC3)nc2c1F. The number of benzene rings is 2. The van der Waals surface area contributed by atoms with Gasteiger partial charge in [0.2, 0.25) is 5.82 Å². The minimum absolute atomic E-state index is 0.00696. The van der Waals surface area contributed by atoms with Gasteiger partial charge in [0.1, 0.15) is 22.9 Å². The first kappa shape index (κ1) is 23.7. The fourth-order valence-electron chi connectivity index (χ4n) is 4.68. The molecule has 3 aromatic rings. The molecule has 2 fully saturated rings. The first-order valence-electron chi connectivity index (χ1n) is 11.6. The fraction of sp³-hybridized carbons (Fsp3) is 0.400. The third kappa shape index (κ3) is 4.38. The Morgan fingerprint density at radius 3 is 2.51 bits per heavy atom. The molecule has 7 nitrogen and oxygen atoms in total. The maximum absolute atomic E-state index is 16.2. The van der Waals surface area contributed by atoms with Gasteiger partial charge in [0.05, 0.1) is 30.9 Å². The maximum atomic E-state index is 16.2. The third-order valence-electron chi connectivity index (χ3n) is 6.45. The van der Waals surface area contributed by atoms with Gasteiger partial charge in [0.25, 0.3) is 5.91 Å². The number of ether oxygens (including phenoxy) is 2. The second-order valence-corrected chi connectivity index (χ2v) is 8.99. The molecule has 5 rings (SSSR count). The van der Waals surface area contributed by atoms with Crippen LogP contribution in [0.1, 0.15) is 29.9 Å². The molecule has 0 spiro atoms. The van der Waals surface area contributed by atoms with Gasteiger partial charge < -0.3 is 19.3 Å². The van der Waals surface area contributed by atoms with E-state index in [-0.39, 0.29) is 33.2 Å². The van der Waals surface area contributed by atoms with Crippen LogP contribution in [-0.2, 0) is 4.74 Å². The number of carbonyl (C=O) groups excluding carboxylic acids is 1. The van der Waals surface area contributed by atoms with Gasteiger partial charge in [0, 0.05) is 37.1 Å². The third-order valence-corrected chi connectivity index (χ3v) is 6.75. The maximum Gasteiger partial charge on any atom is 0.291 e. The predicted octanol–water partition coefficient (Wildman–Crippen LogP) is 4.70. The lowest BCUT2D eigenvalue weighted by Crippen LogP contribution is -2.41. The largest absolute Gasteiger partial charge is 0.496 e. The zero-order valence-electron chi connectivity index (χ0n) is 19.3. The first-order valence-corrected chi connectivity index (χ1v) is 12.0. The molecule has 35 heavy (non-hydrogen) atoms. The molecule has 0 radical (unpaired) electrons. The fourth-order valence-corrected chi connectivity index (χ4v) is 4.96. The lowest BCUT2D eigenvalue weighted by atomic mass is 10.0. The monoisotopic (exact) mass is 502 g/mol. The van der Waals surface area contributed by atoms with Gasteiger partial charge in [-0.05, 0) is 37.5 Å². The van der Waals surface area contributed by atoms with Crippen LogP contribution in [0.5, 0.6) is 5.75 Å².